The molecule has 3 aromatic carbocycles. The van der Waals surface area contributed by atoms with Crippen LogP contribution in [0.3, 0.4) is 0 Å². The van der Waals surface area contributed by atoms with Crippen molar-refractivity contribution in [2.24, 2.45) is 0 Å². The highest BCUT2D eigenvalue weighted by Crippen LogP contribution is 2.51. The van der Waals surface area contributed by atoms with Gasteiger partial charge in [0.15, 0.2) is 11.5 Å². The first-order valence-electron chi connectivity index (χ1n) is 12.5. The van der Waals surface area contributed by atoms with E-state index >= 15 is 0 Å². The number of aryl methyl sites for hydroxylation is 1. The maximum absolute atomic E-state index is 13.5. The summed E-state index contributed by atoms with van der Waals surface area (Å²) in [5.74, 6) is 1.69. The van der Waals surface area contributed by atoms with Crippen LogP contribution in [0.15, 0.2) is 60.7 Å². The number of rotatable bonds is 10. The van der Waals surface area contributed by atoms with Crippen molar-refractivity contribution in [1.82, 2.24) is 5.32 Å². The summed E-state index contributed by atoms with van der Waals surface area (Å²) >= 11 is 0. The molecule has 0 saturated heterocycles. The smallest absolute Gasteiger partial charge is 0.407 e. The van der Waals surface area contributed by atoms with Gasteiger partial charge in [0.05, 0.1) is 12.0 Å². The first-order valence-corrected chi connectivity index (χ1v) is 12.5. The summed E-state index contributed by atoms with van der Waals surface area (Å²) in [4.78, 5) is 25.2. The quantitative estimate of drug-likeness (QED) is 0.376. The molecule has 7 heteroatoms. The molecule has 5 rings (SSSR count). The van der Waals surface area contributed by atoms with Crippen molar-refractivity contribution in [1.29, 1.82) is 0 Å². The molecule has 37 heavy (non-hydrogen) atoms. The number of alkyl carbamates (subject to hydrolysis) is 1. The minimum atomic E-state index is -0.469. The van der Waals surface area contributed by atoms with E-state index in [1.54, 1.807) is 7.11 Å². The fourth-order valence-corrected chi connectivity index (χ4v) is 4.74. The van der Waals surface area contributed by atoms with Crippen LogP contribution in [0.4, 0.5) is 4.79 Å². The van der Waals surface area contributed by atoms with Crippen LogP contribution in [0.5, 0.6) is 11.5 Å². The molecule has 0 bridgehead atoms. The number of hydrogen-bond acceptors (Lipinski definition) is 6. The van der Waals surface area contributed by atoms with Crippen LogP contribution < -0.4 is 14.8 Å². The summed E-state index contributed by atoms with van der Waals surface area (Å²) in [6.45, 7) is 3.26. The maximum Gasteiger partial charge on any atom is 0.407 e. The molecular formula is C30H33NO6. The van der Waals surface area contributed by atoms with Crippen LogP contribution in [-0.2, 0) is 32.6 Å². The third-order valence-electron chi connectivity index (χ3n) is 7.10. The molecule has 0 radical (unpaired) electrons. The van der Waals surface area contributed by atoms with E-state index in [1.807, 2.05) is 48.5 Å². The number of hydrogen-bond donors (Lipinski definition) is 1. The van der Waals surface area contributed by atoms with Crippen molar-refractivity contribution < 1.29 is 30.0 Å². The van der Waals surface area contributed by atoms with E-state index in [0.717, 1.165) is 57.7 Å². The van der Waals surface area contributed by atoms with Crippen molar-refractivity contribution in [3.8, 4) is 22.6 Å². The molecule has 1 aliphatic heterocycles. The highest BCUT2D eigenvalue weighted by atomic mass is 16.7. The van der Waals surface area contributed by atoms with Gasteiger partial charge in [-0.1, -0.05) is 48.5 Å². The lowest BCUT2D eigenvalue weighted by Gasteiger charge is -2.16. The zero-order valence-corrected chi connectivity index (χ0v) is 21.2. The molecule has 7 nitrogen and oxygen atoms in total. The van der Waals surface area contributed by atoms with Crippen LogP contribution in [0.1, 0.15) is 36.5 Å². The summed E-state index contributed by atoms with van der Waals surface area (Å²) in [7, 11) is 1.56. The minimum Gasteiger partial charge on any atom is -0.454 e. The molecule has 3 aromatic rings. The summed E-state index contributed by atoms with van der Waals surface area (Å²) < 4.78 is 20.8. The lowest BCUT2D eigenvalue weighted by molar-refractivity contribution is -0.120. The van der Waals surface area contributed by atoms with E-state index in [4.69, 9.17) is 18.9 Å². The summed E-state index contributed by atoms with van der Waals surface area (Å²) in [5.41, 5.74) is 5.86. The van der Waals surface area contributed by atoms with Gasteiger partial charge in [0.25, 0.3) is 0 Å². The Kier molecular flexibility index (Phi) is 7.15. The summed E-state index contributed by atoms with van der Waals surface area (Å²) in [6, 6.07) is 20.1. The Morgan fingerprint density at radius 3 is 2.46 bits per heavy atom. The standard InChI is InChI=1S/C30H31NO6.H2/c1-20-3-4-22(16-28(32)30(11-12-30)24-9-10-26-27(17-24)37-19-36-26)15-25(20)23-7-5-21(6-8-23)18-31-29(33)35-14-13-34-2;/h3-10,15,17H,11-14,16,18-19H2,1-2H3,(H,31,33);1H. The lowest BCUT2D eigenvalue weighted by atomic mass is 9.87. The molecular weight excluding hydrogens is 470 g/mol. The molecule has 2 aliphatic rings. The largest absolute Gasteiger partial charge is 0.454 e. The number of benzene rings is 3. The Morgan fingerprint density at radius 2 is 1.70 bits per heavy atom. The first-order chi connectivity index (χ1) is 18.0. The molecule has 1 heterocycles. The number of carbonyl (C=O) groups is 2. The molecule has 194 valence electrons. The fraction of sp³-hybridized carbons (Fsp3) is 0.333. The van der Waals surface area contributed by atoms with Gasteiger partial charge in [-0.15, -0.1) is 0 Å². The third kappa shape index (κ3) is 5.47. The van der Waals surface area contributed by atoms with Crippen LogP contribution >= 0.6 is 0 Å². The monoisotopic (exact) mass is 503 g/mol. The van der Waals surface area contributed by atoms with Gasteiger partial charge in [-0.25, -0.2) is 4.79 Å². The van der Waals surface area contributed by atoms with Crippen LogP contribution in [0.2, 0.25) is 0 Å². The van der Waals surface area contributed by atoms with E-state index < -0.39 is 11.5 Å². The van der Waals surface area contributed by atoms with E-state index in [1.165, 1.54) is 0 Å². The predicted molar refractivity (Wildman–Crippen MR) is 141 cm³/mol. The summed E-state index contributed by atoms with van der Waals surface area (Å²) in [5, 5.41) is 2.74. The fourth-order valence-electron chi connectivity index (χ4n) is 4.74. The van der Waals surface area contributed by atoms with Crippen LogP contribution in [0.25, 0.3) is 11.1 Å². The van der Waals surface area contributed by atoms with Gasteiger partial charge in [-0.05, 0) is 65.3 Å². The van der Waals surface area contributed by atoms with Crippen molar-refractivity contribution in [3.05, 3.63) is 82.9 Å². The highest BCUT2D eigenvalue weighted by Gasteiger charge is 2.50. The van der Waals surface area contributed by atoms with E-state index in [0.29, 0.717) is 19.6 Å². The van der Waals surface area contributed by atoms with Gasteiger partial charge >= 0.3 is 6.09 Å². The van der Waals surface area contributed by atoms with E-state index in [2.05, 4.69) is 24.4 Å². The van der Waals surface area contributed by atoms with E-state index in [9.17, 15) is 9.59 Å². The van der Waals surface area contributed by atoms with Crippen molar-refractivity contribution >= 4 is 11.9 Å². The second kappa shape index (κ2) is 10.6. The Labute approximate surface area is 218 Å². The SMILES string of the molecule is COCCOC(=O)NCc1ccc(-c2cc(CC(=O)C3(c4ccc5c(c4)OCO5)CC3)ccc2C)cc1.[HH]. The molecule has 1 saturated carbocycles. The van der Waals surface area contributed by atoms with Gasteiger partial charge in [-0.2, -0.15) is 0 Å². The zero-order valence-electron chi connectivity index (χ0n) is 21.2. The number of carbonyl (C=O) groups excluding carboxylic acids is 2. The minimum absolute atomic E-state index is 0. The molecule has 1 amide bonds. The van der Waals surface area contributed by atoms with Crippen LogP contribution in [-0.4, -0.2) is 39.0 Å². The molecule has 0 atom stereocenters. The van der Waals surface area contributed by atoms with Gasteiger partial charge in [0.1, 0.15) is 12.4 Å². The lowest BCUT2D eigenvalue weighted by Crippen LogP contribution is -2.25. The van der Waals surface area contributed by atoms with Crippen molar-refractivity contribution in [2.45, 2.75) is 38.1 Å². The normalized spacial score (nSPS) is 14.8. The predicted octanol–water partition coefficient (Wildman–Crippen LogP) is 5.35. The molecule has 0 spiro atoms. The Morgan fingerprint density at radius 1 is 0.946 bits per heavy atom. The molecule has 0 aromatic heterocycles. The number of Topliss-reactive ketones (excluding diaryl/α,β-unsaturated/α-hetero) is 1. The number of methoxy groups -OCH3 is 1. The topological polar surface area (TPSA) is 83.1 Å². The molecule has 1 N–H and O–H groups in total. The van der Waals surface area contributed by atoms with E-state index in [-0.39, 0.29) is 20.6 Å². The van der Waals surface area contributed by atoms with Gasteiger partial charge in [0.2, 0.25) is 6.79 Å². The van der Waals surface area contributed by atoms with Gasteiger partial charge in [0, 0.05) is 21.5 Å². The number of ether oxygens (including phenoxy) is 4. The summed E-state index contributed by atoms with van der Waals surface area (Å²) in [6.07, 6.45) is 1.64. The molecule has 0 unspecified atom stereocenters. The van der Waals surface area contributed by atoms with Gasteiger partial charge in [-0.3, -0.25) is 4.79 Å². The number of fused-ring (bicyclic) bond motifs is 1. The highest BCUT2D eigenvalue weighted by molar-refractivity contribution is 5.95. The second-order valence-corrected chi connectivity index (χ2v) is 9.58. The average molecular weight is 504 g/mol. The molecule has 1 fully saturated rings. The Balaban J connectivity index is 0.00000336. The van der Waals surface area contributed by atoms with Crippen LogP contribution in [0, 0.1) is 6.92 Å². The third-order valence-corrected chi connectivity index (χ3v) is 7.10. The first kappa shape index (κ1) is 24.8. The second-order valence-electron chi connectivity index (χ2n) is 9.58. The zero-order chi connectivity index (χ0) is 25.8. The Bertz CT molecular complexity index is 1300. The number of ketones is 1. The maximum atomic E-state index is 13.5. The Hall–Kier alpha value is -3.84. The van der Waals surface area contributed by atoms with Crippen molar-refractivity contribution in [2.75, 3.05) is 27.1 Å². The average Bonchev–Trinajstić information content (AvgIpc) is 3.60. The molecule has 1 aliphatic carbocycles. The number of nitrogens with one attached hydrogen (secondary N) is 1. The number of amides is 1. The van der Waals surface area contributed by atoms with Gasteiger partial charge < -0.3 is 24.3 Å². The van der Waals surface area contributed by atoms with Crippen molar-refractivity contribution in [3.63, 3.8) is 0 Å².